The molecule has 0 saturated heterocycles. The molecule has 1 aliphatic heterocycles. The molecule has 1 aliphatic rings. The molecule has 5 rings (SSSR count). The lowest BCUT2D eigenvalue weighted by Crippen LogP contribution is -2.28. The number of halogens is 1. The summed E-state index contributed by atoms with van der Waals surface area (Å²) in [6, 6.07) is 21.7. The molecule has 0 bridgehead atoms. The van der Waals surface area contributed by atoms with Crippen molar-refractivity contribution in [2.75, 3.05) is 20.6 Å². The number of rotatable bonds is 6. The second kappa shape index (κ2) is 8.15. The van der Waals surface area contributed by atoms with Crippen molar-refractivity contribution in [3.05, 3.63) is 89.2 Å². The molecule has 0 saturated carbocycles. The maximum Gasteiger partial charge on any atom is 0.123 e. The molecule has 0 amide bonds. The van der Waals surface area contributed by atoms with E-state index in [4.69, 9.17) is 9.11 Å². The van der Waals surface area contributed by atoms with Crippen LogP contribution in [-0.4, -0.2) is 29.9 Å². The van der Waals surface area contributed by atoms with Crippen LogP contribution in [0.2, 0.25) is 0 Å². The van der Waals surface area contributed by atoms with Crippen molar-refractivity contribution in [1.82, 2.24) is 9.27 Å². The number of ether oxygens (including phenoxy) is 1. The first-order chi connectivity index (χ1) is 15.1. The van der Waals surface area contributed by atoms with Crippen LogP contribution < -0.4 is 0 Å². The summed E-state index contributed by atoms with van der Waals surface area (Å²) in [4.78, 5) is 2.19. The minimum Gasteiger partial charge on any atom is -0.361 e. The summed E-state index contributed by atoms with van der Waals surface area (Å²) >= 11 is 1.53. The van der Waals surface area contributed by atoms with Crippen molar-refractivity contribution in [3.8, 4) is 11.3 Å². The first-order valence-electron chi connectivity index (χ1n) is 10.6. The Kier molecular flexibility index (Phi) is 5.34. The van der Waals surface area contributed by atoms with E-state index < -0.39 is 5.60 Å². The minimum absolute atomic E-state index is 0.226. The maximum absolute atomic E-state index is 13.6. The third-order valence-electron chi connectivity index (χ3n) is 6.11. The van der Waals surface area contributed by atoms with E-state index in [0.29, 0.717) is 6.61 Å². The Morgan fingerprint density at radius 3 is 2.68 bits per heavy atom. The van der Waals surface area contributed by atoms with Gasteiger partial charge in [-0.2, -0.15) is 4.37 Å². The van der Waals surface area contributed by atoms with Crippen LogP contribution in [0.5, 0.6) is 0 Å². The minimum atomic E-state index is -0.540. The van der Waals surface area contributed by atoms with Gasteiger partial charge in [0.15, 0.2) is 0 Å². The van der Waals surface area contributed by atoms with Gasteiger partial charge in [-0.25, -0.2) is 4.39 Å². The number of aromatic nitrogens is 1. The predicted octanol–water partition coefficient (Wildman–Crippen LogP) is 6.22. The van der Waals surface area contributed by atoms with Gasteiger partial charge in [-0.1, -0.05) is 42.5 Å². The zero-order chi connectivity index (χ0) is 21.4. The zero-order valence-corrected chi connectivity index (χ0v) is 18.6. The van der Waals surface area contributed by atoms with Gasteiger partial charge in [-0.3, -0.25) is 0 Å². The Bertz CT molecular complexity index is 1220. The van der Waals surface area contributed by atoms with Gasteiger partial charge < -0.3 is 9.64 Å². The van der Waals surface area contributed by atoms with Crippen LogP contribution >= 0.6 is 11.5 Å². The van der Waals surface area contributed by atoms with Crippen molar-refractivity contribution in [2.24, 2.45) is 0 Å². The highest BCUT2D eigenvalue weighted by atomic mass is 32.1. The number of fused-ring (bicyclic) bond motifs is 2. The van der Waals surface area contributed by atoms with Crippen LogP contribution in [0.25, 0.3) is 21.3 Å². The van der Waals surface area contributed by atoms with Gasteiger partial charge in [0, 0.05) is 10.9 Å². The third-order valence-corrected chi connectivity index (χ3v) is 6.94. The third kappa shape index (κ3) is 3.67. The quantitative estimate of drug-likeness (QED) is 0.362. The van der Waals surface area contributed by atoms with Crippen LogP contribution in [-0.2, 0) is 16.9 Å². The molecule has 2 heterocycles. The van der Waals surface area contributed by atoms with Crippen molar-refractivity contribution in [1.29, 1.82) is 0 Å². The van der Waals surface area contributed by atoms with E-state index in [9.17, 15) is 4.39 Å². The summed E-state index contributed by atoms with van der Waals surface area (Å²) < 4.78 is 26.1. The molecule has 1 aromatic heterocycles. The standard InChI is InChI=1S/C26H25FN2OS/c1-29(2)15-5-14-26(20-9-11-21(27)12-10-20)23-13-8-18(16-19(23)17-30-26)25-22-6-3-4-7-24(22)31-28-25/h3-4,6-13,16H,5,14-15,17H2,1-2H3. The van der Waals surface area contributed by atoms with Crippen molar-refractivity contribution < 1.29 is 9.13 Å². The van der Waals surface area contributed by atoms with E-state index in [1.165, 1.54) is 44.9 Å². The smallest absolute Gasteiger partial charge is 0.123 e. The molecule has 3 aromatic carbocycles. The molecular formula is C26H25FN2OS. The monoisotopic (exact) mass is 432 g/mol. The summed E-state index contributed by atoms with van der Waals surface area (Å²) in [6.07, 6.45) is 1.84. The Balaban J connectivity index is 1.56. The van der Waals surface area contributed by atoms with E-state index in [-0.39, 0.29) is 5.82 Å². The highest BCUT2D eigenvalue weighted by molar-refractivity contribution is 7.13. The van der Waals surface area contributed by atoms with Gasteiger partial charge in [0.05, 0.1) is 17.0 Å². The molecule has 0 aliphatic carbocycles. The molecular weight excluding hydrogens is 407 g/mol. The van der Waals surface area contributed by atoms with Crippen LogP contribution in [0.3, 0.4) is 0 Å². The predicted molar refractivity (Wildman–Crippen MR) is 125 cm³/mol. The van der Waals surface area contributed by atoms with Gasteiger partial charge >= 0.3 is 0 Å². The average molecular weight is 433 g/mol. The van der Waals surface area contributed by atoms with Crippen LogP contribution in [0.15, 0.2) is 66.7 Å². The lowest BCUT2D eigenvalue weighted by atomic mass is 9.81. The maximum atomic E-state index is 13.6. The fourth-order valence-electron chi connectivity index (χ4n) is 4.58. The zero-order valence-electron chi connectivity index (χ0n) is 17.8. The highest BCUT2D eigenvalue weighted by Crippen LogP contribution is 2.46. The molecule has 31 heavy (non-hydrogen) atoms. The summed E-state index contributed by atoms with van der Waals surface area (Å²) in [5.74, 6) is -0.226. The topological polar surface area (TPSA) is 25.4 Å². The SMILES string of the molecule is CN(C)CCCC1(c2ccc(F)cc2)OCc2cc(-c3nsc4ccccc34)ccc21. The lowest BCUT2D eigenvalue weighted by Gasteiger charge is -2.31. The summed E-state index contributed by atoms with van der Waals surface area (Å²) in [5, 5.41) is 1.18. The lowest BCUT2D eigenvalue weighted by molar-refractivity contribution is -0.0140. The van der Waals surface area contributed by atoms with Crippen LogP contribution in [0.4, 0.5) is 4.39 Å². The number of hydrogen-bond acceptors (Lipinski definition) is 4. The first kappa shape index (κ1) is 20.3. The molecule has 5 heteroatoms. The average Bonchev–Trinajstić information content (AvgIpc) is 3.36. The Morgan fingerprint density at radius 2 is 1.87 bits per heavy atom. The van der Waals surface area contributed by atoms with E-state index >= 15 is 0 Å². The largest absolute Gasteiger partial charge is 0.361 e. The molecule has 1 atom stereocenters. The molecule has 0 fully saturated rings. The van der Waals surface area contributed by atoms with E-state index in [1.54, 1.807) is 0 Å². The van der Waals surface area contributed by atoms with Crippen molar-refractivity contribution in [3.63, 3.8) is 0 Å². The normalized spacial score (nSPS) is 18.1. The fourth-order valence-corrected chi connectivity index (χ4v) is 5.38. The van der Waals surface area contributed by atoms with Crippen LogP contribution in [0, 0.1) is 5.82 Å². The van der Waals surface area contributed by atoms with Crippen molar-refractivity contribution >= 4 is 21.6 Å². The van der Waals surface area contributed by atoms with E-state index in [2.05, 4.69) is 55.4 Å². The number of hydrogen-bond donors (Lipinski definition) is 0. The Labute approximate surface area is 186 Å². The first-order valence-corrected chi connectivity index (χ1v) is 11.4. The number of benzene rings is 3. The van der Waals surface area contributed by atoms with Crippen LogP contribution in [0.1, 0.15) is 29.5 Å². The van der Waals surface area contributed by atoms with E-state index in [1.807, 2.05) is 18.2 Å². The molecule has 0 spiro atoms. The van der Waals surface area contributed by atoms with Gasteiger partial charge in [-0.05, 0) is 86.0 Å². The Hall–Kier alpha value is -2.60. The second-order valence-corrected chi connectivity index (χ2v) is 9.23. The summed E-state index contributed by atoms with van der Waals surface area (Å²) in [6.45, 7) is 1.52. The molecule has 0 N–H and O–H groups in total. The van der Waals surface area contributed by atoms with Crippen molar-refractivity contribution in [2.45, 2.75) is 25.0 Å². The second-order valence-electron chi connectivity index (χ2n) is 8.43. The highest BCUT2D eigenvalue weighted by Gasteiger charge is 2.41. The Morgan fingerprint density at radius 1 is 1.06 bits per heavy atom. The molecule has 0 radical (unpaired) electrons. The molecule has 158 valence electrons. The van der Waals surface area contributed by atoms with E-state index in [0.717, 1.165) is 36.2 Å². The molecule has 4 aromatic rings. The summed E-state index contributed by atoms with van der Waals surface area (Å²) in [7, 11) is 4.16. The van der Waals surface area contributed by atoms with Gasteiger partial charge in [0.1, 0.15) is 11.4 Å². The summed E-state index contributed by atoms with van der Waals surface area (Å²) in [5.41, 5.74) is 4.98. The fraction of sp³-hybridized carbons (Fsp3) is 0.269. The van der Waals surface area contributed by atoms with Gasteiger partial charge in [-0.15, -0.1) is 0 Å². The molecule has 1 unspecified atom stereocenters. The molecule has 3 nitrogen and oxygen atoms in total. The van der Waals surface area contributed by atoms with Gasteiger partial charge in [0.2, 0.25) is 0 Å². The number of nitrogens with zero attached hydrogens (tertiary/aromatic N) is 2. The van der Waals surface area contributed by atoms with Gasteiger partial charge in [0.25, 0.3) is 0 Å².